The van der Waals surface area contributed by atoms with Gasteiger partial charge < -0.3 is 9.88 Å². The van der Waals surface area contributed by atoms with E-state index in [2.05, 4.69) is 36.3 Å². The summed E-state index contributed by atoms with van der Waals surface area (Å²) in [6.07, 6.45) is 0. The molecule has 0 aliphatic rings. The molecule has 5 nitrogen and oxygen atoms in total. The Morgan fingerprint density at radius 1 is 1.22 bits per heavy atom. The summed E-state index contributed by atoms with van der Waals surface area (Å²) < 4.78 is 2.05. The lowest BCUT2D eigenvalue weighted by Gasteiger charge is -2.13. The number of carbonyl (C=O) groups excluding carboxylic acids is 1. The average molecular weight is 332 g/mol. The molecule has 1 aromatic carbocycles. The van der Waals surface area contributed by atoms with Crippen LogP contribution < -0.4 is 5.32 Å². The Balaban J connectivity index is 2.12. The molecule has 0 aliphatic heterocycles. The molecule has 124 valence electrons. The second-order valence-corrected chi connectivity index (χ2v) is 7.12. The number of nitrogens with one attached hydrogen (secondary N) is 1. The van der Waals surface area contributed by atoms with E-state index in [9.17, 15) is 4.79 Å². The molecule has 0 saturated heterocycles. The molecule has 1 amide bonds. The third-order valence-corrected chi connectivity index (χ3v) is 4.48. The summed E-state index contributed by atoms with van der Waals surface area (Å²) >= 11 is 1.45. The fourth-order valence-corrected chi connectivity index (χ4v) is 3.06. The van der Waals surface area contributed by atoms with Gasteiger partial charge in [-0.15, -0.1) is 10.2 Å². The molecule has 1 heterocycles. The van der Waals surface area contributed by atoms with Crippen LogP contribution in [0.1, 0.15) is 27.7 Å². The van der Waals surface area contributed by atoms with Crippen LogP contribution >= 0.6 is 11.8 Å². The first kappa shape index (κ1) is 17.5. The fourth-order valence-electron chi connectivity index (χ4n) is 2.12. The van der Waals surface area contributed by atoms with Gasteiger partial charge in [-0.1, -0.05) is 55.9 Å². The lowest BCUT2D eigenvalue weighted by atomic mass is 10.2. The largest absolute Gasteiger partial charge is 0.355 e. The molecular weight excluding hydrogens is 308 g/mol. The number of carbonyl (C=O) groups is 1. The van der Waals surface area contributed by atoms with E-state index in [4.69, 9.17) is 0 Å². The summed E-state index contributed by atoms with van der Waals surface area (Å²) in [4.78, 5) is 12.1. The lowest BCUT2D eigenvalue weighted by Crippen LogP contribution is -2.33. The van der Waals surface area contributed by atoms with Crippen molar-refractivity contribution in [3.8, 4) is 11.4 Å². The van der Waals surface area contributed by atoms with Crippen LogP contribution in [0.2, 0.25) is 0 Å². The smallest absolute Gasteiger partial charge is 0.233 e. The number of rotatable bonds is 7. The number of nitrogens with zero attached hydrogens (tertiary/aromatic N) is 3. The molecule has 0 radical (unpaired) electrons. The van der Waals surface area contributed by atoms with Gasteiger partial charge in [-0.2, -0.15) is 0 Å². The normalized spacial score (nSPS) is 12.4. The molecule has 0 fully saturated rings. The number of hydrogen-bond acceptors (Lipinski definition) is 4. The van der Waals surface area contributed by atoms with Crippen LogP contribution in [0.3, 0.4) is 0 Å². The Bertz CT molecular complexity index is 639. The van der Waals surface area contributed by atoms with Crippen LogP contribution in [0.15, 0.2) is 35.5 Å². The topological polar surface area (TPSA) is 59.8 Å². The molecule has 1 aromatic heterocycles. The highest BCUT2D eigenvalue weighted by atomic mass is 32.2. The van der Waals surface area contributed by atoms with Crippen LogP contribution in [0, 0.1) is 5.92 Å². The number of hydrogen-bond donors (Lipinski definition) is 1. The lowest BCUT2D eigenvalue weighted by molar-refractivity contribution is -0.120. The third-order valence-electron chi connectivity index (χ3n) is 3.40. The van der Waals surface area contributed by atoms with Crippen LogP contribution in [0.4, 0.5) is 0 Å². The molecule has 1 N–H and O–H groups in total. The highest BCUT2D eigenvalue weighted by Crippen LogP contribution is 2.26. The Morgan fingerprint density at radius 3 is 2.52 bits per heavy atom. The van der Waals surface area contributed by atoms with Crippen molar-refractivity contribution in [2.75, 3.05) is 6.54 Å². The van der Waals surface area contributed by atoms with Gasteiger partial charge in [-0.25, -0.2) is 0 Å². The van der Waals surface area contributed by atoms with Crippen molar-refractivity contribution in [1.29, 1.82) is 0 Å². The molecule has 23 heavy (non-hydrogen) atoms. The number of amides is 1. The van der Waals surface area contributed by atoms with Gasteiger partial charge in [0.2, 0.25) is 5.91 Å². The minimum absolute atomic E-state index is 0.0376. The first-order chi connectivity index (χ1) is 11.0. The van der Waals surface area contributed by atoms with Crippen molar-refractivity contribution in [3.05, 3.63) is 30.3 Å². The van der Waals surface area contributed by atoms with E-state index in [1.165, 1.54) is 11.8 Å². The molecule has 1 atom stereocenters. The molecule has 2 aromatic rings. The SMILES string of the molecule is CCn1c(S[C@@H](C)C(=O)NCC(C)C)nnc1-c1ccccc1. The second-order valence-electron chi connectivity index (χ2n) is 5.82. The van der Waals surface area contributed by atoms with Crippen LogP contribution in [0.5, 0.6) is 0 Å². The van der Waals surface area contributed by atoms with Crippen molar-refractivity contribution in [1.82, 2.24) is 20.1 Å². The molecule has 0 bridgehead atoms. The molecule has 0 aliphatic carbocycles. The molecule has 0 saturated carbocycles. The van der Waals surface area contributed by atoms with Gasteiger partial charge >= 0.3 is 0 Å². The van der Waals surface area contributed by atoms with Crippen molar-refractivity contribution in [3.63, 3.8) is 0 Å². The number of benzene rings is 1. The summed E-state index contributed by atoms with van der Waals surface area (Å²) in [5, 5.41) is 12.1. The maximum absolute atomic E-state index is 12.1. The van der Waals surface area contributed by atoms with Crippen LogP contribution in [-0.4, -0.2) is 32.5 Å². The van der Waals surface area contributed by atoms with Crippen molar-refractivity contribution in [2.45, 2.75) is 44.6 Å². The number of aromatic nitrogens is 3. The van der Waals surface area contributed by atoms with Gasteiger partial charge in [0, 0.05) is 18.7 Å². The minimum Gasteiger partial charge on any atom is -0.355 e. The van der Waals surface area contributed by atoms with E-state index in [-0.39, 0.29) is 11.2 Å². The van der Waals surface area contributed by atoms with E-state index in [1.807, 2.05) is 41.8 Å². The van der Waals surface area contributed by atoms with Gasteiger partial charge in [-0.05, 0) is 19.8 Å². The predicted octanol–water partition coefficient (Wildman–Crippen LogP) is 3.22. The maximum Gasteiger partial charge on any atom is 0.233 e. The Hall–Kier alpha value is -1.82. The molecule has 2 rings (SSSR count). The van der Waals surface area contributed by atoms with Gasteiger partial charge in [0.25, 0.3) is 0 Å². The summed E-state index contributed by atoms with van der Waals surface area (Å²) in [6.45, 7) is 9.58. The Morgan fingerprint density at radius 2 is 1.91 bits per heavy atom. The molecule has 6 heteroatoms. The van der Waals surface area contributed by atoms with Crippen molar-refractivity contribution < 1.29 is 4.79 Å². The van der Waals surface area contributed by atoms with Gasteiger partial charge in [0.1, 0.15) is 0 Å². The summed E-state index contributed by atoms with van der Waals surface area (Å²) in [6, 6.07) is 9.98. The second kappa shape index (κ2) is 8.15. The highest BCUT2D eigenvalue weighted by Gasteiger charge is 2.20. The standard InChI is InChI=1S/C17H24N4OS/c1-5-21-15(14-9-7-6-8-10-14)19-20-17(21)23-13(4)16(22)18-11-12(2)3/h6-10,12-13H,5,11H2,1-4H3,(H,18,22)/t13-/m0/s1. The molecule has 0 unspecified atom stereocenters. The minimum atomic E-state index is -0.202. The van der Waals surface area contributed by atoms with Gasteiger partial charge in [0.05, 0.1) is 5.25 Å². The van der Waals surface area contributed by atoms with Crippen LogP contribution in [0.25, 0.3) is 11.4 Å². The highest BCUT2D eigenvalue weighted by molar-refractivity contribution is 8.00. The third kappa shape index (κ3) is 4.58. The number of thioether (sulfide) groups is 1. The van der Waals surface area contributed by atoms with E-state index >= 15 is 0 Å². The summed E-state index contributed by atoms with van der Waals surface area (Å²) in [5.74, 6) is 1.32. The van der Waals surface area contributed by atoms with E-state index in [1.54, 1.807) is 0 Å². The zero-order chi connectivity index (χ0) is 16.8. The molecule has 0 spiro atoms. The fraction of sp³-hybridized carbons (Fsp3) is 0.471. The van der Waals surface area contributed by atoms with Crippen LogP contribution in [-0.2, 0) is 11.3 Å². The zero-order valence-corrected chi connectivity index (χ0v) is 14.9. The van der Waals surface area contributed by atoms with Crippen molar-refractivity contribution in [2.24, 2.45) is 5.92 Å². The first-order valence-electron chi connectivity index (χ1n) is 7.95. The van der Waals surface area contributed by atoms with E-state index in [0.717, 1.165) is 23.1 Å². The summed E-state index contributed by atoms with van der Waals surface area (Å²) in [7, 11) is 0. The average Bonchev–Trinajstić information content (AvgIpc) is 2.95. The van der Waals surface area contributed by atoms with E-state index < -0.39 is 0 Å². The first-order valence-corrected chi connectivity index (χ1v) is 8.83. The Labute approximate surface area is 141 Å². The van der Waals surface area contributed by atoms with Gasteiger partial charge in [-0.3, -0.25) is 4.79 Å². The van der Waals surface area contributed by atoms with Crippen molar-refractivity contribution >= 4 is 17.7 Å². The Kier molecular flexibility index (Phi) is 6.21. The summed E-state index contributed by atoms with van der Waals surface area (Å²) in [5.41, 5.74) is 1.03. The zero-order valence-electron chi connectivity index (χ0n) is 14.1. The monoisotopic (exact) mass is 332 g/mol. The quantitative estimate of drug-likeness (QED) is 0.791. The predicted molar refractivity (Wildman–Crippen MR) is 94.3 cm³/mol. The molecular formula is C17H24N4OS. The van der Waals surface area contributed by atoms with Gasteiger partial charge in [0.15, 0.2) is 11.0 Å². The van der Waals surface area contributed by atoms with E-state index in [0.29, 0.717) is 12.5 Å². The maximum atomic E-state index is 12.1.